The summed E-state index contributed by atoms with van der Waals surface area (Å²) < 4.78 is 23.6. The fourth-order valence-electron chi connectivity index (χ4n) is 6.28. The molecule has 2 aliphatic carbocycles. The maximum Gasteiger partial charge on any atom is 0.186 e. The molecule has 4 aliphatic rings. The Hall–Kier alpha value is -1.66. The number of rotatable bonds is 13. The first-order chi connectivity index (χ1) is 21.2. The molecule has 45 heavy (non-hydrogen) atoms. The molecular weight excluding hydrogens is 602 g/mol. The lowest BCUT2D eigenvalue weighted by molar-refractivity contribution is -0.320. The summed E-state index contributed by atoms with van der Waals surface area (Å²) >= 11 is 0. The highest BCUT2D eigenvalue weighted by Crippen LogP contribution is 2.43. The summed E-state index contributed by atoms with van der Waals surface area (Å²) in [7, 11) is 0. The maximum atomic E-state index is 13.3. The van der Waals surface area contributed by atoms with E-state index in [9.17, 15) is 35.4 Å². The Morgan fingerprint density at radius 3 is 2.22 bits per heavy atom. The topological polar surface area (TPSA) is 350 Å². The average molecular weight is 652 g/mol. The van der Waals surface area contributed by atoms with Crippen molar-refractivity contribution in [2.75, 3.05) is 26.3 Å². The van der Waals surface area contributed by atoms with E-state index in [4.69, 9.17) is 52.7 Å². The Kier molecular flexibility index (Phi) is 12.1. The van der Waals surface area contributed by atoms with Gasteiger partial charge in [-0.15, -0.1) is 0 Å². The van der Waals surface area contributed by atoms with Crippen molar-refractivity contribution in [3.05, 3.63) is 0 Å². The SMILES string of the molecule is NC(N)=NC1CC1(O)C(=O)C[C@@H]1C[C@H](N)[C@@H](O[C@H]2O[C@H](CNCCO)[C@@H](O)C[C@H]2N)[C@H](O)[C@H]1O[C@H]1O[C@H](CO)[C@@H](O)[C@H](N)[C@H]1O. The van der Waals surface area contributed by atoms with Crippen LogP contribution in [-0.4, -0.2) is 165 Å². The zero-order valence-corrected chi connectivity index (χ0v) is 24.8. The highest BCUT2D eigenvalue weighted by molar-refractivity contribution is 5.92. The van der Waals surface area contributed by atoms with Crippen molar-refractivity contribution >= 4 is 11.7 Å². The summed E-state index contributed by atoms with van der Waals surface area (Å²) in [4.78, 5) is 17.1. The number of guanidine groups is 1. The fourth-order valence-corrected chi connectivity index (χ4v) is 6.28. The van der Waals surface area contributed by atoms with E-state index >= 15 is 0 Å². The van der Waals surface area contributed by atoms with Gasteiger partial charge in [-0.25, -0.2) is 4.99 Å². The zero-order valence-electron chi connectivity index (χ0n) is 24.8. The number of carbonyl (C=O) groups excluding carboxylic acids is 1. The van der Waals surface area contributed by atoms with Crippen LogP contribution in [0.3, 0.4) is 0 Å². The number of ether oxygens (including phenoxy) is 4. The predicted molar refractivity (Wildman–Crippen MR) is 154 cm³/mol. The van der Waals surface area contributed by atoms with E-state index in [1.165, 1.54) is 0 Å². The third-order valence-corrected chi connectivity index (χ3v) is 9.02. The summed E-state index contributed by atoms with van der Waals surface area (Å²) in [6.07, 6.45) is -12.9. The Bertz CT molecular complexity index is 1030. The van der Waals surface area contributed by atoms with E-state index in [0.29, 0.717) is 0 Å². The smallest absolute Gasteiger partial charge is 0.186 e. The number of hydrogen-bond donors (Lipinski definition) is 13. The van der Waals surface area contributed by atoms with E-state index in [1.807, 2.05) is 0 Å². The van der Waals surface area contributed by atoms with E-state index in [2.05, 4.69) is 10.3 Å². The Labute approximate surface area is 259 Å². The third kappa shape index (κ3) is 8.08. The van der Waals surface area contributed by atoms with Crippen molar-refractivity contribution in [1.82, 2.24) is 5.32 Å². The molecule has 19 heteroatoms. The van der Waals surface area contributed by atoms with Gasteiger partial charge in [0.1, 0.15) is 36.1 Å². The second-order valence-electron chi connectivity index (χ2n) is 12.4. The quantitative estimate of drug-likeness (QED) is 0.0499. The number of hydrogen-bond acceptors (Lipinski definition) is 17. The van der Waals surface area contributed by atoms with Crippen LogP contribution in [-0.2, 0) is 23.7 Å². The molecular formula is C26H49N7O12. The zero-order chi connectivity index (χ0) is 33.2. The van der Waals surface area contributed by atoms with Crippen molar-refractivity contribution in [2.45, 2.75) is 117 Å². The predicted octanol–water partition coefficient (Wildman–Crippen LogP) is -7.65. The summed E-state index contributed by atoms with van der Waals surface area (Å²) in [5.41, 5.74) is 27.6. The number of aliphatic hydroxyl groups excluding tert-OH is 6. The van der Waals surface area contributed by atoms with Gasteiger partial charge in [0.2, 0.25) is 0 Å². The summed E-state index contributed by atoms with van der Waals surface area (Å²) in [6, 6.07) is -3.82. The lowest BCUT2D eigenvalue weighted by Gasteiger charge is -2.48. The minimum Gasteiger partial charge on any atom is -0.395 e. The molecule has 19 nitrogen and oxygen atoms in total. The van der Waals surface area contributed by atoms with Gasteiger partial charge in [0, 0.05) is 32.0 Å². The Morgan fingerprint density at radius 2 is 1.58 bits per heavy atom. The first kappa shape index (κ1) is 36.2. The van der Waals surface area contributed by atoms with E-state index in [0.717, 1.165) is 0 Å². The summed E-state index contributed by atoms with van der Waals surface area (Å²) in [5, 5.41) is 75.5. The Balaban J connectivity index is 1.54. The molecule has 4 fully saturated rings. The standard InChI is InChI=1S/C26H49N7O12/c27-10-3-9(4-16(37)26(41)6-15(26)33-25(30)31)21(44-24-19(39)17(29)18(38)14(8-35)43-24)20(40)22(10)45-23-11(28)5-12(36)13(42-23)7-32-1-2-34/h9-15,17-24,32,34-36,38-41H,1-8,27-29H2,(H4,30,31,33)/t9-,10-,11+,12-,13+,14+,15?,17-,18+,19+,20+,21-,22+,23+,24+,26?/m0/s1. The van der Waals surface area contributed by atoms with Crippen LogP contribution in [0, 0.1) is 5.92 Å². The first-order valence-corrected chi connectivity index (χ1v) is 15.1. The van der Waals surface area contributed by atoms with Crippen LogP contribution in [0.15, 0.2) is 4.99 Å². The molecule has 0 aromatic rings. The van der Waals surface area contributed by atoms with Crippen LogP contribution < -0.4 is 34.0 Å². The molecule has 0 radical (unpaired) electrons. The van der Waals surface area contributed by atoms with Crippen LogP contribution >= 0.6 is 0 Å². The molecule has 4 rings (SSSR count). The lowest BCUT2D eigenvalue weighted by atomic mass is 9.76. The minimum atomic E-state index is -1.82. The van der Waals surface area contributed by atoms with E-state index in [1.54, 1.807) is 0 Å². The van der Waals surface area contributed by atoms with Crippen molar-refractivity contribution in [3.8, 4) is 0 Å². The van der Waals surface area contributed by atoms with Crippen LogP contribution in [0.4, 0.5) is 0 Å². The molecule has 0 aromatic carbocycles. The second-order valence-corrected chi connectivity index (χ2v) is 12.4. The number of Topliss-reactive ketones (excluding diaryl/α,β-unsaturated/α-hetero) is 1. The minimum absolute atomic E-state index is 0.00518. The molecule has 18 N–H and O–H groups in total. The highest BCUT2D eigenvalue weighted by Gasteiger charge is 2.60. The largest absolute Gasteiger partial charge is 0.395 e. The molecule has 2 saturated carbocycles. The normalized spacial score (nSPS) is 46.8. The van der Waals surface area contributed by atoms with Crippen molar-refractivity contribution in [1.29, 1.82) is 0 Å². The number of aliphatic imine (C=N–C) groups is 1. The molecule has 16 atom stereocenters. The van der Waals surface area contributed by atoms with Gasteiger partial charge in [-0.3, -0.25) is 4.79 Å². The van der Waals surface area contributed by atoms with Gasteiger partial charge in [-0.2, -0.15) is 0 Å². The number of carbonyl (C=O) groups is 1. The van der Waals surface area contributed by atoms with Gasteiger partial charge in [-0.1, -0.05) is 0 Å². The van der Waals surface area contributed by atoms with Gasteiger partial charge >= 0.3 is 0 Å². The highest BCUT2D eigenvalue weighted by atomic mass is 16.7. The Morgan fingerprint density at radius 1 is 0.911 bits per heavy atom. The van der Waals surface area contributed by atoms with Crippen LogP contribution in [0.5, 0.6) is 0 Å². The maximum absolute atomic E-state index is 13.3. The molecule has 260 valence electrons. The van der Waals surface area contributed by atoms with E-state index in [-0.39, 0.29) is 51.3 Å². The third-order valence-electron chi connectivity index (χ3n) is 9.02. The monoisotopic (exact) mass is 651 g/mol. The fraction of sp³-hybridized carbons (Fsp3) is 0.923. The van der Waals surface area contributed by atoms with E-state index < -0.39 is 109 Å². The van der Waals surface area contributed by atoms with Crippen molar-refractivity contribution in [3.63, 3.8) is 0 Å². The number of nitrogens with two attached hydrogens (primary N) is 5. The molecule has 2 saturated heterocycles. The summed E-state index contributed by atoms with van der Waals surface area (Å²) in [5.74, 6) is -1.76. The lowest BCUT2D eigenvalue weighted by Crippen LogP contribution is -2.66. The van der Waals surface area contributed by atoms with Gasteiger partial charge in [0.05, 0.1) is 49.7 Å². The molecule has 0 spiro atoms. The van der Waals surface area contributed by atoms with Gasteiger partial charge in [-0.05, 0) is 18.8 Å². The summed E-state index contributed by atoms with van der Waals surface area (Å²) in [6.45, 7) is -0.318. The number of ketones is 1. The average Bonchev–Trinajstić information content (AvgIpc) is 3.64. The number of nitrogens with one attached hydrogen (secondary N) is 1. The van der Waals surface area contributed by atoms with Crippen LogP contribution in [0.2, 0.25) is 0 Å². The number of aliphatic hydroxyl groups is 7. The van der Waals surface area contributed by atoms with Crippen LogP contribution in [0.1, 0.15) is 25.7 Å². The van der Waals surface area contributed by atoms with Gasteiger partial charge in [0.15, 0.2) is 24.3 Å². The van der Waals surface area contributed by atoms with Gasteiger partial charge in [0.25, 0.3) is 0 Å². The first-order valence-electron chi connectivity index (χ1n) is 15.1. The molecule has 2 unspecified atom stereocenters. The molecule has 2 heterocycles. The van der Waals surface area contributed by atoms with Crippen LogP contribution in [0.25, 0.3) is 0 Å². The molecule has 0 bridgehead atoms. The second kappa shape index (κ2) is 15.0. The molecule has 2 aliphatic heterocycles. The van der Waals surface area contributed by atoms with Crippen molar-refractivity contribution < 1.29 is 59.5 Å². The van der Waals surface area contributed by atoms with Gasteiger partial charge < -0.3 is 88.7 Å². The molecule has 0 amide bonds. The molecule has 0 aromatic heterocycles. The number of nitrogens with zero attached hydrogens (tertiary/aromatic N) is 1. The van der Waals surface area contributed by atoms with Crippen molar-refractivity contribution in [2.24, 2.45) is 39.6 Å².